The summed E-state index contributed by atoms with van der Waals surface area (Å²) in [5.74, 6) is -0.523. The van der Waals surface area contributed by atoms with Crippen molar-refractivity contribution in [2.45, 2.75) is 26.4 Å². The van der Waals surface area contributed by atoms with Crippen LogP contribution < -0.4 is 11.4 Å². The summed E-state index contributed by atoms with van der Waals surface area (Å²) in [5.41, 5.74) is 6.25. The summed E-state index contributed by atoms with van der Waals surface area (Å²) >= 11 is 6.11. The Labute approximate surface area is 121 Å². The van der Waals surface area contributed by atoms with Crippen LogP contribution in [0.2, 0.25) is 5.02 Å². The van der Waals surface area contributed by atoms with E-state index in [0.29, 0.717) is 23.7 Å². The fourth-order valence-corrected chi connectivity index (χ4v) is 2.24. The molecule has 2 N–H and O–H groups in total. The SMILES string of the molecule is CCCn1ccn(Cc2ccc(C(N)=O)cc2Cl)c1=O. The van der Waals surface area contributed by atoms with Crippen molar-refractivity contribution in [1.82, 2.24) is 9.13 Å². The van der Waals surface area contributed by atoms with Gasteiger partial charge in [-0.1, -0.05) is 24.6 Å². The van der Waals surface area contributed by atoms with E-state index in [9.17, 15) is 9.59 Å². The lowest BCUT2D eigenvalue weighted by Gasteiger charge is -2.06. The van der Waals surface area contributed by atoms with Gasteiger partial charge in [-0.25, -0.2) is 4.79 Å². The molecule has 6 heteroatoms. The molecule has 20 heavy (non-hydrogen) atoms. The summed E-state index contributed by atoms with van der Waals surface area (Å²) in [4.78, 5) is 23.1. The second-order valence-corrected chi connectivity index (χ2v) is 4.98. The van der Waals surface area contributed by atoms with Crippen molar-refractivity contribution in [3.8, 4) is 0 Å². The van der Waals surface area contributed by atoms with Crippen LogP contribution in [0.1, 0.15) is 29.3 Å². The molecule has 0 fully saturated rings. The van der Waals surface area contributed by atoms with Gasteiger partial charge in [0, 0.05) is 29.5 Å². The van der Waals surface area contributed by atoms with Gasteiger partial charge in [0.25, 0.3) is 0 Å². The maximum absolute atomic E-state index is 12.1. The predicted octanol–water partition coefficient (Wildman–Crippen LogP) is 1.86. The monoisotopic (exact) mass is 293 g/mol. The summed E-state index contributed by atoms with van der Waals surface area (Å²) in [6, 6.07) is 4.84. The molecule has 1 heterocycles. The summed E-state index contributed by atoms with van der Waals surface area (Å²) in [6.07, 6.45) is 4.39. The highest BCUT2D eigenvalue weighted by Crippen LogP contribution is 2.18. The molecule has 0 spiro atoms. The quantitative estimate of drug-likeness (QED) is 0.914. The van der Waals surface area contributed by atoms with Crippen molar-refractivity contribution < 1.29 is 4.79 Å². The van der Waals surface area contributed by atoms with Crippen molar-refractivity contribution in [2.24, 2.45) is 5.73 Å². The Bertz CT molecular complexity index is 688. The Balaban J connectivity index is 2.26. The van der Waals surface area contributed by atoms with Crippen molar-refractivity contribution in [3.63, 3.8) is 0 Å². The molecule has 0 unspecified atom stereocenters. The molecule has 0 bridgehead atoms. The van der Waals surface area contributed by atoms with Gasteiger partial charge in [-0.15, -0.1) is 0 Å². The van der Waals surface area contributed by atoms with E-state index in [2.05, 4.69) is 0 Å². The summed E-state index contributed by atoms with van der Waals surface area (Å²) < 4.78 is 3.24. The zero-order valence-electron chi connectivity index (χ0n) is 11.2. The normalized spacial score (nSPS) is 10.7. The number of benzene rings is 1. The molecule has 0 saturated carbocycles. The number of hydrogen-bond acceptors (Lipinski definition) is 2. The van der Waals surface area contributed by atoms with E-state index in [1.165, 1.54) is 6.07 Å². The highest BCUT2D eigenvalue weighted by Gasteiger charge is 2.08. The molecule has 0 atom stereocenters. The third kappa shape index (κ3) is 2.93. The minimum absolute atomic E-state index is 0.0677. The number of aromatic nitrogens is 2. The van der Waals surface area contributed by atoms with E-state index >= 15 is 0 Å². The first-order valence-electron chi connectivity index (χ1n) is 6.36. The summed E-state index contributed by atoms with van der Waals surface area (Å²) in [5, 5.41) is 0.427. The van der Waals surface area contributed by atoms with E-state index in [4.69, 9.17) is 17.3 Å². The molecule has 0 radical (unpaired) electrons. The van der Waals surface area contributed by atoms with Gasteiger partial charge in [0.1, 0.15) is 0 Å². The first-order valence-corrected chi connectivity index (χ1v) is 6.74. The Morgan fingerprint density at radius 1 is 1.30 bits per heavy atom. The maximum atomic E-state index is 12.1. The van der Waals surface area contributed by atoms with Gasteiger partial charge >= 0.3 is 5.69 Å². The van der Waals surface area contributed by atoms with Crippen molar-refractivity contribution >= 4 is 17.5 Å². The number of aryl methyl sites for hydroxylation is 1. The van der Waals surface area contributed by atoms with E-state index in [0.717, 1.165) is 12.0 Å². The number of halogens is 1. The third-order valence-corrected chi connectivity index (χ3v) is 3.41. The molecule has 0 aliphatic rings. The van der Waals surface area contributed by atoms with Crippen LogP contribution >= 0.6 is 11.6 Å². The van der Waals surface area contributed by atoms with Crippen molar-refractivity contribution in [3.05, 3.63) is 57.2 Å². The first kappa shape index (κ1) is 14.4. The molecular weight excluding hydrogens is 278 g/mol. The molecule has 2 rings (SSSR count). The Hall–Kier alpha value is -2.01. The lowest BCUT2D eigenvalue weighted by atomic mass is 10.1. The van der Waals surface area contributed by atoms with Gasteiger partial charge < -0.3 is 5.73 Å². The van der Waals surface area contributed by atoms with Crippen LogP contribution in [0.5, 0.6) is 0 Å². The van der Waals surface area contributed by atoms with E-state index in [1.54, 1.807) is 33.7 Å². The average Bonchev–Trinajstić information content (AvgIpc) is 2.74. The van der Waals surface area contributed by atoms with Crippen LogP contribution in [-0.4, -0.2) is 15.0 Å². The van der Waals surface area contributed by atoms with Gasteiger partial charge in [-0.2, -0.15) is 0 Å². The van der Waals surface area contributed by atoms with Crippen LogP contribution in [0, 0.1) is 0 Å². The van der Waals surface area contributed by atoms with Crippen LogP contribution in [0.3, 0.4) is 0 Å². The molecule has 106 valence electrons. The fraction of sp³-hybridized carbons (Fsp3) is 0.286. The van der Waals surface area contributed by atoms with Crippen LogP contribution in [0.25, 0.3) is 0 Å². The van der Waals surface area contributed by atoms with Gasteiger partial charge in [-0.3, -0.25) is 13.9 Å². The number of imidazole rings is 1. The molecule has 1 aromatic heterocycles. The molecule has 1 amide bonds. The lowest BCUT2D eigenvalue weighted by Crippen LogP contribution is -2.24. The van der Waals surface area contributed by atoms with E-state index in [1.807, 2.05) is 6.92 Å². The average molecular weight is 294 g/mol. The highest BCUT2D eigenvalue weighted by molar-refractivity contribution is 6.31. The second-order valence-electron chi connectivity index (χ2n) is 4.57. The Kier molecular flexibility index (Phi) is 4.29. The molecule has 1 aromatic carbocycles. The largest absolute Gasteiger partial charge is 0.366 e. The standard InChI is InChI=1S/C14H16ClN3O2/c1-2-5-17-6-7-18(14(17)20)9-11-4-3-10(13(16)19)8-12(11)15/h3-4,6-8H,2,5,9H2,1H3,(H2,16,19). The number of rotatable bonds is 5. The van der Waals surface area contributed by atoms with Gasteiger partial charge in [0.2, 0.25) is 5.91 Å². The smallest absolute Gasteiger partial charge is 0.328 e. The zero-order valence-corrected chi connectivity index (χ0v) is 11.9. The number of carbonyl (C=O) groups is 1. The number of carbonyl (C=O) groups excluding carboxylic acids is 1. The second kappa shape index (κ2) is 5.96. The Morgan fingerprint density at radius 3 is 2.60 bits per heavy atom. The molecule has 0 saturated heterocycles. The van der Waals surface area contributed by atoms with Crippen LogP contribution in [0.15, 0.2) is 35.4 Å². The molecule has 0 aliphatic heterocycles. The number of nitrogens with zero attached hydrogens (tertiary/aromatic N) is 2. The maximum Gasteiger partial charge on any atom is 0.328 e. The first-order chi connectivity index (χ1) is 9.52. The number of nitrogens with two attached hydrogens (primary N) is 1. The topological polar surface area (TPSA) is 70.0 Å². The Morgan fingerprint density at radius 2 is 2.00 bits per heavy atom. The highest BCUT2D eigenvalue weighted by atomic mass is 35.5. The molecule has 5 nitrogen and oxygen atoms in total. The van der Waals surface area contributed by atoms with Gasteiger partial charge in [0.15, 0.2) is 0 Å². The predicted molar refractivity (Wildman–Crippen MR) is 78.1 cm³/mol. The molecule has 0 aliphatic carbocycles. The number of primary amides is 1. The lowest BCUT2D eigenvalue weighted by molar-refractivity contribution is 0.100. The van der Waals surface area contributed by atoms with Crippen LogP contribution in [-0.2, 0) is 13.1 Å². The fourth-order valence-electron chi connectivity index (χ4n) is 2.00. The summed E-state index contributed by atoms with van der Waals surface area (Å²) in [7, 11) is 0. The van der Waals surface area contributed by atoms with Gasteiger partial charge in [0.05, 0.1) is 6.54 Å². The number of hydrogen-bond donors (Lipinski definition) is 1. The van der Waals surface area contributed by atoms with Gasteiger partial charge in [-0.05, 0) is 24.1 Å². The van der Waals surface area contributed by atoms with Crippen LogP contribution in [0.4, 0.5) is 0 Å². The molecular formula is C14H16ClN3O2. The van der Waals surface area contributed by atoms with Crippen molar-refractivity contribution in [2.75, 3.05) is 0 Å². The number of amides is 1. The van der Waals surface area contributed by atoms with E-state index in [-0.39, 0.29) is 5.69 Å². The van der Waals surface area contributed by atoms with Crippen molar-refractivity contribution in [1.29, 1.82) is 0 Å². The third-order valence-electron chi connectivity index (χ3n) is 3.06. The minimum atomic E-state index is -0.523. The summed E-state index contributed by atoms with van der Waals surface area (Å²) in [6.45, 7) is 3.08. The zero-order chi connectivity index (χ0) is 14.7. The van der Waals surface area contributed by atoms with E-state index < -0.39 is 5.91 Å². The molecule has 2 aromatic rings. The minimum Gasteiger partial charge on any atom is -0.366 e.